The van der Waals surface area contributed by atoms with Crippen molar-refractivity contribution in [2.24, 2.45) is 5.11 Å². The van der Waals surface area contributed by atoms with E-state index in [2.05, 4.69) is 22.2 Å². The molecule has 0 saturated carbocycles. The normalized spacial score (nSPS) is 30.1. The first-order valence-corrected chi connectivity index (χ1v) is 4.22. The number of hydrogen-bond donors (Lipinski definition) is 1. The molecular weight excluding hydrogens is 154 g/mol. The number of azide groups is 1. The lowest BCUT2D eigenvalue weighted by atomic mass is 9.99. The summed E-state index contributed by atoms with van der Waals surface area (Å²) >= 11 is 0. The summed E-state index contributed by atoms with van der Waals surface area (Å²) in [5.41, 5.74) is 8.23. The number of aliphatic hydroxyl groups is 1. The Bertz CT molecular complexity index is 208. The zero-order chi connectivity index (χ0) is 8.81. The van der Waals surface area contributed by atoms with Gasteiger partial charge in [-0.1, -0.05) is 17.3 Å². The quantitative estimate of drug-likeness (QED) is 0.276. The Balaban J connectivity index is 2.57. The molecule has 0 radical (unpaired) electrons. The highest BCUT2D eigenvalue weighted by molar-refractivity contribution is 4.90. The molecule has 0 unspecified atom stereocenters. The van der Waals surface area contributed by atoms with Crippen LogP contribution >= 0.6 is 0 Å². The van der Waals surface area contributed by atoms with Crippen LogP contribution in [0.3, 0.4) is 0 Å². The zero-order valence-corrected chi connectivity index (χ0v) is 6.93. The van der Waals surface area contributed by atoms with Crippen LogP contribution in [0.25, 0.3) is 10.4 Å². The van der Waals surface area contributed by atoms with E-state index in [4.69, 9.17) is 5.53 Å². The van der Waals surface area contributed by atoms with Crippen molar-refractivity contribution in [1.29, 1.82) is 0 Å². The molecular formula is C8H13N3O. The molecule has 0 bridgehead atoms. The molecule has 1 rings (SSSR count). The monoisotopic (exact) mass is 167 g/mol. The van der Waals surface area contributed by atoms with Crippen LogP contribution in [0.4, 0.5) is 0 Å². The number of rotatable bonds is 1. The van der Waals surface area contributed by atoms with Gasteiger partial charge in [0.2, 0.25) is 0 Å². The van der Waals surface area contributed by atoms with Crippen molar-refractivity contribution in [2.75, 3.05) is 0 Å². The highest BCUT2D eigenvalue weighted by Crippen LogP contribution is 2.16. The summed E-state index contributed by atoms with van der Waals surface area (Å²) in [5, 5.41) is 13.1. The molecule has 4 heteroatoms. The van der Waals surface area contributed by atoms with Gasteiger partial charge in [0.25, 0.3) is 0 Å². The maximum absolute atomic E-state index is 9.51. The average molecular weight is 167 g/mol. The summed E-state index contributed by atoms with van der Waals surface area (Å²) in [7, 11) is 0. The fourth-order valence-corrected chi connectivity index (χ4v) is 1.36. The van der Waals surface area contributed by atoms with E-state index in [0.717, 1.165) is 19.3 Å². The third-order valence-electron chi connectivity index (χ3n) is 2.07. The molecule has 0 amide bonds. The molecule has 1 aliphatic carbocycles. The van der Waals surface area contributed by atoms with Gasteiger partial charge in [-0.25, -0.2) is 0 Å². The summed E-state index contributed by atoms with van der Waals surface area (Å²) in [4.78, 5) is 2.72. The zero-order valence-electron chi connectivity index (χ0n) is 6.93. The van der Waals surface area contributed by atoms with E-state index in [9.17, 15) is 5.11 Å². The van der Waals surface area contributed by atoms with Gasteiger partial charge in [0.15, 0.2) is 0 Å². The lowest BCUT2D eigenvalue weighted by molar-refractivity contribution is 0.131. The fraction of sp³-hybridized carbons (Fsp3) is 0.750. The summed E-state index contributed by atoms with van der Waals surface area (Å²) < 4.78 is 0. The first kappa shape index (κ1) is 9.10. The molecule has 1 aliphatic rings. The van der Waals surface area contributed by atoms with Gasteiger partial charge >= 0.3 is 0 Å². The third kappa shape index (κ3) is 2.57. The number of aliphatic hydroxyl groups excluding tert-OH is 1. The van der Waals surface area contributed by atoms with Gasteiger partial charge in [-0.15, -0.1) is 0 Å². The maximum atomic E-state index is 9.51. The highest BCUT2D eigenvalue weighted by Gasteiger charge is 2.17. The molecule has 12 heavy (non-hydrogen) atoms. The van der Waals surface area contributed by atoms with E-state index < -0.39 is 6.10 Å². The molecule has 66 valence electrons. The summed E-state index contributed by atoms with van der Waals surface area (Å²) in [6.07, 6.45) is 6.88. The van der Waals surface area contributed by atoms with E-state index in [1.54, 1.807) is 0 Å². The first-order valence-electron chi connectivity index (χ1n) is 4.22. The van der Waals surface area contributed by atoms with Crippen LogP contribution in [0.1, 0.15) is 25.7 Å². The fourth-order valence-electron chi connectivity index (χ4n) is 1.36. The molecule has 0 saturated heterocycles. The second kappa shape index (κ2) is 4.80. The molecule has 0 aliphatic heterocycles. The first-order chi connectivity index (χ1) is 5.84. The maximum Gasteiger partial charge on any atom is 0.0636 e. The van der Waals surface area contributed by atoms with Crippen LogP contribution in [0.15, 0.2) is 17.3 Å². The third-order valence-corrected chi connectivity index (χ3v) is 2.07. The van der Waals surface area contributed by atoms with E-state index in [-0.39, 0.29) is 6.04 Å². The van der Waals surface area contributed by atoms with Crippen molar-refractivity contribution < 1.29 is 5.11 Å². The van der Waals surface area contributed by atoms with Gasteiger partial charge in [-0.05, 0) is 31.2 Å². The molecule has 0 fully saturated rings. The van der Waals surface area contributed by atoms with Gasteiger partial charge < -0.3 is 5.11 Å². The van der Waals surface area contributed by atoms with Gasteiger partial charge in [0, 0.05) is 4.91 Å². The molecule has 0 heterocycles. The highest BCUT2D eigenvalue weighted by atomic mass is 16.3. The second-order valence-electron chi connectivity index (χ2n) is 2.97. The summed E-state index contributed by atoms with van der Waals surface area (Å²) in [6.45, 7) is 0. The Morgan fingerprint density at radius 2 is 2.00 bits per heavy atom. The average Bonchev–Trinajstić information content (AvgIpc) is 2.05. The van der Waals surface area contributed by atoms with Crippen LogP contribution in [0, 0.1) is 0 Å². The molecule has 0 aromatic rings. The Hall–Kier alpha value is -0.990. The molecule has 2 atom stereocenters. The van der Waals surface area contributed by atoms with Crippen molar-refractivity contribution in [3.63, 3.8) is 0 Å². The van der Waals surface area contributed by atoms with Gasteiger partial charge in [-0.2, -0.15) is 0 Å². The predicted octanol–water partition coefficient (Wildman–Crippen LogP) is 2.16. The standard InChI is InChI=1S/C8H13N3O/c9-11-10-7-5-3-1-2-4-6-8(7)12/h1-2,7-8,12H,3-6H2/t7-,8-/m0/s1. The van der Waals surface area contributed by atoms with Crippen LogP contribution in [-0.2, 0) is 0 Å². The second-order valence-corrected chi connectivity index (χ2v) is 2.97. The Morgan fingerprint density at radius 1 is 1.33 bits per heavy atom. The largest absolute Gasteiger partial charge is 0.393 e. The van der Waals surface area contributed by atoms with Crippen molar-refractivity contribution >= 4 is 0 Å². The van der Waals surface area contributed by atoms with E-state index in [1.807, 2.05) is 0 Å². The molecule has 1 N–H and O–H groups in total. The minimum absolute atomic E-state index is 0.236. The van der Waals surface area contributed by atoms with E-state index in [1.165, 1.54) is 0 Å². The summed E-state index contributed by atoms with van der Waals surface area (Å²) in [6, 6.07) is -0.236. The van der Waals surface area contributed by atoms with Crippen LogP contribution in [0.2, 0.25) is 0 Å². The van der Waals surface area contributed by atoms with Crippen LogP contribution in [0.5, 0.6) is 0 Å². The van der Waals surface area contributed by atoms with Crippen LogP contribution in [-0.4, -0.2) is 17.3 Å². The summed E-state index contributed by atoms with van der Waals surface area (Å²) in [5.74, 6) is 0. The SMILES string of the molecule is [N-]=[N+]=N[C@H]1CCC=CCC[C@@H]1O. The Morgan fingerprint density at radius 3 is 2.67 bits per heavy atom. The van der Waals surface area contributed by atoms with Gasteiger partial charge in [-0.3, -0.25) is 0 Å². The van der Waals surface area contributed by atoms with Crippen molar-refractivity contribution in [1.82, 2.24) is 0 Å². The van der Waals surface area contributed by atoms with E-state index in [0.29, 0.717) is 6.42 Å². The number of allylic oxidation sites excluding steroid dienone is 2. The minimum atomic E-state index is -0.467. The topological polar surface area (TPSA) is 69.0 Å². The molecule has 4 nitrogen and oxygen atoms in total. The number of hydrogen-bond acceptors (Lipinski definition) is 2. The van der Waals surface area contributed by atoms with Crippen molar-refractivity contribution in [3.05, 3.63) is 22.6 Å². The molecule has 0 aromatic carbocycles. The number of nitrogens with zero attached hydrogens (tertiary/aromatic N) is 3. The van der Waals surface area contributed by atoms with Crippen molar-refractivity contribution in [3.8, 4) is 0 Å². The lowest BCUT2D eigenvalue weighted by Gasteiger charge is -2.18. The van der Waals surface area contributed by atoms with Crippen LogP contribution < -0.4 is 0 Å². The lowest BCUT2D eigenvalue weighted by Crippen LogP contribution is -2.24. The van der Waals surface area contributed by atoms with Crippen molar-refractivity contribution in [2.45, 2.75) is 37.8 Å². The Kier molecular flexibility index (Phi) is 3.64. The molecule has 0 aromatic heterocycles. The predicted molar refractivity (Wildman–Crippen MR) is 46.5 cm³/mol. The smallest absolute Gasteiger partial charge is 0.0636 e. The molecule has 0 spiro atoms. The Labute approximate surface area is 71.5 Å². The minimum Gasteiger partial charge on any atom is -0.393 e. The van der Waals surface area contributed by atoms with E-state index >= 15 is 0 Å². The van der Waals surface area contributed by atoms with Gasteiger partial charge in [0.1, 0.15) is 0 Å². The van der Waals surface area contributed by atoms with Gasteiger partial charge in [0.05, 0.1) is 12.1 Å².